The first-order valence-corrected chi connectivity index (χ1v) is 8.73. The number of pyridine rings is 1. The van der Waals surface area contributed by atoms with Crippen LogP contribution >= 0.6 is 11.6 Å². The summed E-state index contributed by atoms with van der Waals surface area (Å²) in [4.78, 5) is 12.6. The molecule has 0 saturated carbocycles. The molecule has 4 nitrogen and oxygen atoms in total. The second kappa shape index (κ2) is 7.68. The Morgan fingerprint density at radius 2 is 1.81 bits per heavy atom. The van der Waals surface area contributed by atoms with Gasteiger partial charge in [0.2, 0.25) is 0 Å². The molecule has 0 aliphatic carbocycles. The molecule has 0 atom stereocenters. The van der Waals surface area contributed by atoms with Crippen molar-refractivity contribution in [1.29, 1.82) is 0 Å². The van der Waals surface area contributed by atoms with Gasteiger partial charge in [0.15, 0.2) is 0 Å². The fraction of sp³-hybridized carbons (Fsp3) is 0.316. The lowest BCUT2D eigenvalue weighted by atomic mass is 9.96. The lowest BCUT2D eigenvalue weighted by Gasteiger charge is -2.16. The SMILES string of the molecule is Cc1nc2cccc(Oc3ncc(Cl)cn3)c2c(CCCC(F)(F)F)c1C. The molecule has 8 heteroatoms. The van der Waals surface area contributed by atoms with Crippen molar-refractivity contribution in [1.82, 2.24) is 15.0 Å². The monoisotopic (exact) mass is 395 g/mol. The normalized spacial score (nSPS) is 11.8. The van der Waals surface area contributed by atoms with Crippen molar-refractivity contribution >= 4 is 22.5 Å². The highest BCUT2D eigenvalue weighted by atomic mass is 35.5. The summed E-state index contributed by atoms with van der Waals surface area (Å²) in [5.74, 6) is 0.451. The quantitative estimate of drug-likeness (QED) is 0.533. The van der Waals surface area contributed by atoms with Crippen LogP contribution in [0, 0.1) is 13.8 Å². The summed E-state index contributed by atoms with van der Waals surface area (Å²) >= 11 is 5.78. The minimum atomic E-state index is -4.18. The molecule has 27 heavy (non-hydrogen) atoms. The second-order valence-corrected chi connectivity index (χ2v) is 6.64. The van der Waals surface area contributed by atoms with Crippen LogP contribution in [0.25, 0.3) is 10.9 Å². The number of fused-ring (bicyclic) bond motifs is 1. The van der Waals surface area contributed by atoms with E-state index in [2.05, 4.69) is 15.0 Å². The van der Waals surface area contributed by atoms with E-state index in [1.165, 1.54) is 12.4 Å². The molecule has 0 fully saturated rings. The Labute approximate surface area is 159 Å². The molecule has 0 bridgehead atoms. The minimum absolute atomic E-state index is 0.00529. The van der Waals surface area contributed by atoms with E-state index in [9.17, 15) is 13.2 Å². The number of benzene rings is 1. The third-order valence-corrected chi connectivity index (χ3v) is 4.47. The summed E-state index contributed by atoms with van der Waals surface area (Å²) in [5, 5.41) is 1.06. The highest BCUT2D eigenvalue weighted by molar-refractivity contribution is 6.30. The van der Waals surface area contributed by atoms with Crippen molar-refractivity contribution in [3.8, 4) is 11.8 Å². The molecule has 2 aromatic heterocycles. The molecule has 1 aromatic carbocycles. The van der Waals surface area contributed by atoms with E-state index in [1.807, 2.05) is 19.9 Å². The summed E-state index contributed by atoms with van der Waals surface area (Å²) in [6.45, 7) is 3.71. The zero-order valence-corrected chi connectivity index (χ0v) is 15.5. The third-order valence-electron chi connectivity index (χ3n) is 4.27. The third kappa shape index (κ3) is 4.66. The van der Waals surface area contributed by atoms with Crippen molar-refractivity contribution in [2.75, 3.05) is 0 Å². The molecule has 0 saturated heterocycles. The van der Waals surface area contributed by atoms with Gasteiger partial charge >= 0.3 is 12.2 Å². The van der Waals surface area contributed by atoms with Gasteiger partial charge in [-0.25, -0.2) is 9.97 Å². The number of hydrogen-bond acceptors (Lipinski definition) is 4. The van der Waals surface area contributed by atoms with Crippen LogP contribution in [0.1, 0.15) is 29.7 Å². The fourth-order valence-electron chi connectivity index (χ4n) is 2.90. The molecule has 0 radical (unpaired) electrons. The van der Waals surface area contributed by atoms with Crippen molar-refractivity contribution in [2.45, 2.75) is 39.3 Å². The fourth-order valence-corrected chi connectivity index (χ4v) is 3.00. The summed E-state index contributed by atoms with van der Waals surface area (Å²) in [6.07, 6.45) is -1.93. The van der Waals surface area contributed by atoms with E-state index in [-0.39, 0.29) is 18.9 Å². The predicted molar refractivity (Wildman–Crippen MR) is 97.3 cm³/mol. The van der Waals surface area contributed by atoms with Crippen molar-refractivity contribution in [3.05, 3.63) is 52.4 Å². The van der Waals surface area contributed by atoms with Gasteiger partial charge in [0.05, 0.1) is 22.9 Å². The highest BCUT2D eigenvalue weighted by Crippen LogP contribution is 2.34. The van der Waals surface area contributed by atoms with Gasteiger partial charge in [-0.15, -0.1) is 0 Å². The molecule has 0 spiro atoms. The van der Waals surface area contributed by atoms with Crippen LogP contribution in [0.2, 0.25) is 5.02 Å². The first kappa shape index (κ1) is 19.4. The maximum absolute atomic E-state index is 12.6. The maximum atomic E-state index is 12.6. The molecule has 3 rings (SSSR count). The van der Waals surface area contributed by atoms with E-state index in [0.717, 1.165) is 16.8 Å². The Balaban J connectivity index is 2.03. The van der Waals surface area contributed by atoms with Gasteiger partial charge < -0.3 is 4.74 Å². The Bertz CT molecular complexity index is 959. The largest absolute Gasteiger partial charge is 0.424 e. The molecule has 0 unspecified atom stereocenters. The van der Waals surface area contributed by atoms with Gasteiger partial charge in [-0.2, -0.15) is 13.2 Å². The molecule has 0 amide bonds. The number of nitrogens with zero attached hydrogens (tertiary/aromatic N) is 3. The van der Waals surface area contributed by atoms with Gasteiger partial charge in [0, 0.05) is 17.5 Å². The van der Waals surface area contributed by atoms with E-state index in [4.69, 9.17) is 16.3 Å². The summed E-state index contributed by atoms with van der Waals surface area (Å²) in [6, 6.07) is 5.41. The Morgan fingerprint density at radius 3 is 2.48 bits per heavy atom. The van der Waals surface area contributed by atoms with Gasteiger partial charge in [-0.05, 0) is 49.9 Å². The Morgan fingerprint density at radius 1 is 1.11 bits per heavy atom. The zero-order valence-electron chi connectivity index (χ0n) is 14.8. The number of halogens is 4. The predicted octanol–water partition coefficient (Wildman–Crippen LogP) is 5.97. The topological polar surface area (TPSA) is 47.9 Å². The van der Waals surface area contributed by atoms with Crippen LogP contribution in [-0.2, 0) is 6.42 Å². The number of rotatable bonds is 5. The zero-order chi connectivity index (χ0) is 19.6. The first-order valence-electron chi connectivity index (χ1n) is 8.35. The van der Waals surface area contributed by atoms with Crippen LogP contribution in [0.15, 0.2) is 30.6 Å². The van der Waals surface area contributed by atoms with Crippen LogP contribution in [0.3, 0.4) is 0 Å². The number of aromatic nitrogens is 3. The van der Waals surface area contributed by atoms with E-state index in [0.29, 0.717) is 21.7 Å². The van der Waals surface area contributed by atoms with Gasteiger partial charge in [0.25, 0.3) is 0 Å². The number of hydrogen-bond donors (Lipinski definition) is 0. The molecule has 0 aliphatic heterocycles. The molecule has 0 N–H and O–H groups in total. The lowest BCUT2D eigenvalue weighted by molar-refractivity contribution is -0.135. The van der Waals surface area contributed by atoms with Crippen LogP contribution in [0.4, 0.5) is 13.2 Å². The second-order valence-electron chi connectivity index (χ2n) is 6.21. The molecule has 0 aliphatic rings. The maximum Gasteiger partial charge on any atom is 0.389 e. The van der Waals surface area contributed by atoms with Crippen LogP contribution in [-0.4, -0.2) is 21.1 Å². The van der Waals surface area contributed by atoms with E-state index < -0.39 is 12.6 Å². The molecule has 2 heterocycles. The van der Waals surface area contributed by atoms with E-state index >= 15 is 0 Å². The van der Waals surface area contributed by atoms with Gasteiger partial charge in [-0.3, -0.25) is 4.98 Å². The summed E-state index contributed by atoms with van der Waals surface area (Å²) in [5.41, 5.74) is 3.10. The average molecular weight is 396 g/mol. The molecule has 3 aromatic rings. The van der Waals surface area contributed by atoms with E-state index in [1.54, 1.807) is 12.1 Å². The summed E-state index contributed by atoms with van der Waals surface area (Å²) in [7, 11) is 0. The minimum Gasteiger partial charge on any atom is -0.424 e. The lowest BCUT2D eigenvalue weighted by Crippen LogP contribution is -2.08. The van der Waals surface area contributed by atoms with Crippen LogP contribution in [0.5, 0.6) is 11.8 Å². The number of aryl methyl sites for hydroxylation is 2. The van der Waals surface area contributed by atoms with Gasteiger partial charge in [-0.1, -0.05) is 17.7 Å². The standard InChI is InChI=1S/C19H17ClF3N3O/c1-11-12(2)26-15-6-3-7-16(27-18-24-9-13(20)10-25-18)17(15)14(11)5-4-8-19(21,22)23/h3,6-7,9-10H,4-5,8H2,1-2H3. The van der Waals surface area contributed by atoms with Crippen LogP contribution < -0.4 is 4.74 Å². The highest BCUT2D eigenvalue weighted by Gasteiger charge is 2.26. The van der Waals surface area contributed by atoms with Crippen molar-refractivity contribution in [3.63, 3.8) is 0 Å². The molecule has 142 valence electrons. The Hall–Kier alpha value is -2.41. The summed E-state index contributed by atoms with van der Waals surface area (Å²) < 4.78 is 43.5. The average Bonchev–Trinajstić information content (AvgIpc) is 2.59. The Kier molecular flexibility index (Phi) is 5.51. The number of alkyl halides is 3. The number of ether oxygens (including phenoxy) is 1. The molecular weight excluding hydrogens is 379 g/mol. The smallest absolute Gasteiger partial charge is 0.389 e. The molecular formula is C19H17ClF3N3O. The van der Waals surface area contributed by atoms with Crippen molar-refractivity contribution < 1.29 is 17.9 Å². The van der Waals surface area contributed by atoms with Gasteiger partial charge in [0.1, 0.15) is 5.75 Å². The first-order chi connectivity index (χ1) is 12.7. The van der Waals surface area contributed by atoms with Crippen molar-refractivity contribution in [2.24, 2.45) is 0 Å².